The van der Waals surface area contributed by atoms with Gasteiger partial charge in [0.05, 0.1) is 0 Å². The second kappa shape index (κ2) is 15.0. The van der Waals surface area contributed by atoms with Gasteiger partial charge in [0.25, 0.3) is 0 Å². The molecule has 1 heterocycles. The SMILES string of the molecule is CN=C(NCCCOCC(C)C)NCC1(NC(C)c2ccccc2)CCOCC1.I. The number of benzene rings is 1. The molecule has 30 heavy (non-hydrogen) atoms. The predicted molar refractivity (Wildman–Crippen MR) is 136 cm³/mol. The first-order valence-electron chi connectivity index (χ1n) is 11.0. The molecule has 3 N–H and O–H groups in total. The average molecular weight is 533 g/mol. The number of guanidine groups is 1. The van der Waals surface area contributed by atoms with Crippen LogP contribution >= 0.6 is 24.0 Å². The van der Waals surface area contributed by atoms with Crippen LogP contribution in [0.4, 0.5) is 0 Å². The zero-order chi connectivity index (χ0) is 21.0. The van der Waals surface area contributed by atoms with Crippen LogP contribution in [0, 0.1) is 5.92 Å². The summed E-state index contributed by atoms with van der Waals surface area (Å²) in [5.74, 6) is 1.42. The molecule has 1 unspecified atom stereocenters. The van der Waals surface area contributed by atoms with E-state index in [0.29, 0.717) is 5.92 Å². The first kappa shape index (κ1) is 27.1. The van der Waals surface area contributed by atoms with E-state index in [4.69, 9.17) is 9.47 Å². The molecule has 0 amide bonds. The van der Waals surface area contributed by atoms with Gasteiger partial charge in [-0.1, -0.05) is 44.2 Å². The number of hydrogen-bond donors (Lipinski definition) is 3. The molecule has 0 spiro atoms. The Morgan fingerprint density at radius 1 is 1.13 bits per heavy atom. The van der Waals surface area contributed by atoms with Crippen molar-refractivity contribution in [3.05, 3.63) is 35.9 Å². The van der Waals surface area contributed by atoms with Crippen LogP contribution in [-0.2, 0) is 9.47 Å². The van der Waals surface area contributed by atoms with Crippen molar-refractivity contribution in [1.82, 2.24) is 16.0 Å². The summed E-state index contributed by atoms with van der Waals surface area (Å²) in [5, 5.41) is 10.8. The number of nitrogens with zero attached hydrogens (tertiary/aromatic N) is 1. The molecule has 1 aromatic rings. The van der Waals surface area contributed by atoms with Crippen LogP contribution in [0.1, 0.15) is 51.6 Å². The number of nitrogens with one attached hydrogen (secondary N) is 3. The van der Waals surface area contributed by atoms with Crippen LogP contribution in [0.3, 0.4) is 0 Å². The van der Waals surface area contributed by atoms with E-state index in [-0.39, 0.29) is 35.6 Å². The summed E-state index contributed by atoms with van der Waals surface area (Å²) >= 11 is 0. The third kappa shape index (κ3) is 9.94. The zero-order valence-corrected chi connectivity index (χ0v) is 21.4. The highest BCUT2D eigenvalue weighted by Gasteiger charge is 2.34. The van der Waals surface area contributed by atoms with Crippen molar-refractivity contribution >= 4 is 29.9 Å². The van der Waals surface area contributed by atoms with Gasteiger partial charge in [-0.25, -0.2) is 0 Å². The molecule has 172 valence electrons. The van der Waals surface area contributed by atoms with Crippen molar-refractivity contribution < 1.29 is 9.47 Å². The number of aliphatic imine (C=N–C) groups is 1. The second-order valence-corrected chi connectivity index (χ2v) is 8.34. The van der Waals surface area contributed by atoms with Gasteiger partial charge in [0.15, 0.2) is 5.96 Å². The van der Waals surface area contributed by atoms with Gasteiger partial charge in [0.1, 0.15) is 0 Å². The van der Waals surface area contributed by atoms with Crippen molar-refractivity contribution in [2.75, 3.05) is 46.6 Å². The maximum Gasteiger partial charge on any atom is 0.191 e. The molecule has 1 aromatic carbocycles. The predicted octanol–water partition coefficient (Wildman–Crippen LogP) is 3.73. The van der Waals surface area contributed by atoms with Crippen LogP contribution in [0.5, 0.6) is 0 Å². The molecule has 1 fully saturated rings. The quantitative estimate of drug-likeness (QED) is 0.176. The summed E-state index contributed by atoms with van der Waals surface area (Å²) in [6.07, 6.45) is 2.93. The molecule has 6 nitrogen and oxygen atoms in total. The largest absolute Gasteiger partial charge is 0.381 e. The summed E-state index contributed by atoms with van der Waals surface area (Å²) in [6, 6.07) is 10.9. The fourth-order valence-corrected chi connectivity index (χ4v) is 3.59. The van der Waals surface area contributed by atoms with E-state index in [0.717, 1.165) is 64.7 Å². The lowest BCUT2D eigenvalue weighted by molar-refractivity contribution is 0.0354. The second-order valence-electron chi connectivity index (χ2n) is 8.34. The lowest BCUT2D eigenvalue weighted by Gasteiger charge is -2.41. The van der Waals surface area contributed by atoms with E-state index in [2.05, 4.69) is 72.0 Å². The van der Waals surface area contributed by atoms with E-state index >= 15 is 0 Å². The summed E-state index contributed by atoms with van der Waals surface area (Å²) in [4.78, 5) is 4.38. The molecule has 2 rings (SSSR count). The van der Waals surface area contributed by atoms with Crippen LogP contribution < -0.4 is 16.0 Å². The Kier molecular flexibility index (Phi) is 13.6. The van der Waals surface area contributed by atoms with E-state index < -0.39 is 0 Å². The smallest absolute Gasteiger partial charge is 0.191 e. The maximum atomic E-state index is 5.64. The molecule has 0 radical (unpaired) electrons. The summed E-state index contributed by atoms with van der Waals surface area (Å²) in [6.45, 7) is 11.4. The van der Waals surface area contributed by atoms with Gasteiger partial charge in [0, 0.05) is 58.1 Å². The monoisotopic (exact) mass is 532 g/mol. The molecule has 0 aliphatic carbocycles. The van der Waals surface area contributed by atoms with Crippen LogP contribution in [-0.4, -0.2) is 58.1 Å². The lowest BCUT2D eigenvalue weighted by atomic mass is 9.88. The zero-order valence-electron chi connectivity index (χ0n) is 19.1. The molecule has 0 bridgehead atoms. The molecule has 0 aromatic heterocycles. The Morgan fingerprint density at radius 3 is 2.47 bits per heavy atom. The molecule has 1 saturated heterocycles. The normalized spacial score (nSPS) is 17.3. The Labute approximate surface area is 200 Å². The number of rotatable bonds is 11. The van der Waals surface area contributed by atoms with Crippen molar-refractivity contribution in [2.45, 2.75) is 51.6 Å². The minimum absolute atomic E-state index is 0. The van der Waals surface area contributed by atoms with E-state index in [1.165, 1.54) is 5.56 Å². The highest BCUT2D eigenvalue weighted by atomic mass is 127. The molecule has 1 atom stereocenters. The van der Waals surface area contributed by atoms with Crippen LogP contribution in [0.2, 0.25) is 0 Å². The van der Waals surface area contributed by atoms with Gasteiger partial charge in [-0.15, -0.1) is 24.0 Å². The molecule has 1 aliphatic heterocycles. The number of hydrogen-bond acceptors (Lipinski definition) is 4. The topological polar surface area (TPSA) is 66.9 Å². The minimum atomic E-state index is -0.00843. The summed E-state index contributed by atoms with van der Waals surface area (Å²) < 4.78 is 11.3. The summed E-state index contributed by atoms with van der Waals surface area (Å²) in [7, 11) is 1.82. The molecular formula is C23H41IN4O2. The van der Waals surface area contributed by atoms with Gasteiger partial charge in [0.2, 0.25) is 0 Å². The van der Waals surface area contributed by atoms with Crippen molar-refractivity contribution in [1.29, 1.82) is 0 Å². The van der Waals surface area contributed by atoms with E-state index in [9.17, 15) is 0 Å². The first-order valence-corrected chi connectivity index (χ1v) is 11.0. The Balaban J connectivity index is 0.00000450. The van der Waals surface area contributed by atoms with Crippen LogP contribution in [0.15, 0.2) is 35.3 Å². The number of halogens is 1. The van der Waals surface area contributed by atoms with Gasteiger partial charge in [-0.3, -0.25) is 4.99 Å². The number of ether oxygens (including phenoxy) is 2. The highest BCUT2D eigenvalue weighted by molar-refractivity contribution is 14.0. The standard InChI is InChI=1S/C23H40N4O2.HI/c1-19(2)17-29-14-8-13-25-22(24-4)26-18-23(11-15-28-16-12-23)27-20(3)21-9-6-5-7-10-21;/h5-7,9-10,19-20,27H,8,11-18H2,1-4H3,(H2,24,25,26);1H. The van der Waals surface area contributed by atoms with Crippen molar-refractivity contribution in [2.24, 2.45) is 10.9 Å². The van der Waals surface area contributed by atoms with Gasteiger partial charge in [-0.05, 0) is 37.7 Å². The highest BCUT2D eigenvalue weighted by Crippen LogP contribution is 2.25. The van der Waals surface area contributed by atoms with Gasteiger partial charge >= 0.3 is 0 Å². The van der Waals surface area contributed by atoms with Gasteiger partial charge in [-0.2, -0.15) is 0 Å². The maximum absolute atomic E-state index is 5.64. The Hall–Kier alpha value is -0.900. The van der Waals surface area contributed by atoms with E-state index in [1.54, 1.807) is 0 Å². The summed E-state index contributed by atoms with van der Waals surface area (Å²) in [5.41, 5.74) is 1.30. The Bertz CT molecular complexity index is 592. The third-order valence-corrected chi connectivity index (χ3v) is 5.30. The first-order chi connectivity index (χ1) is 14.0. The molecular weight excluding hydrogens is 491 g/mol. The minimum Gasteiger partial charge on any atom is -0.381 e. The molecule has 0 saturated carbocycles. The fourth-order valence-electron chi connectivity index (χ4n) is 3.59. The fraction of sp³-hybridized carbons (Fsp3) is 0.696. The third-order valence-electron chi connectivity index (χ3n) is 5.30. The van der Waals surface area contributed by atoms with E-state index in [1.807, 2.05) is 7.05 Å². The van der Waals surface area contributed by atoms with Crippen molar-refractivity contribution in [3.63, 3.8) is 0 Å². The van der Waals surface area contributed by atoms with Crippen LogP contribution in [0.25, 0.3) is 0 Å². The molecule has 7 heteroatoms. The molecule has 1 aliphatic rings. The Morgan fingerprint density at radius 2 is 1.83 bits per heavy atom. The van der Waals surface area contributed by atoms with Gasteiger partial charge < -0.3 is 25.4 Å². The lowest BCUT2D eigenvalue weighted by Crippen LogP contribution is -2.58. The average Bonchev–Trinajstić information content (AvgIpc) is 2.73. The van der Waals surface area contributed by atoms with Crippen molar-refractivity contribution in [3.8, 4) is 0 Å².